The number of hydrogen-bond acceptors (Lipinski definition) is 8. The second-order valence-electron chi connectivity index (χ2n) is 6.34. The highest BCUT2D eigenvalue weighted by molar-refractivity contribution is 7.80. The minimum Gasteiger partial charge on any atom is -0.316 e. The van der Waals surface area contributed by atoms with E-state index in [-0.39, 0.29) is 31.7 Å². The third kappa shape index (κ3) is 3.59. The molecule has 0 saturated carbocycles. The van der Waals surface area contributed by atoms with Gasteiger partial charge in [0.25, 0.3) is 5.91 Å². The summed E-state index contributed by atoms with van der Waals surface area (Å²) in [6.07, 6.45) is 0.603. The number of carbonyl (C=O) groups excluding carboxylic acids is 3. The summed E-state index contributed by atoms with van der Waals surface area (Å²) < 4.78 is 34.7. The van der Waals surface area contributed by atoms with Gasteiger partial charge in [0, 0.05) is 13.0 Å². The van der Waals surface area contributed by atoms with Crippen LogP contribution < -0.4 is 11.2 Å². The Kier molecular flexibility index (Phi) is 4.68. The van der Waals surface area contributed by atoms with Crippen molar-refractivity contribution in [3.63, 3.8) is 0 Å². The Bertz CT molecular complexity index is 694. The van der Waals surface area contributed by atoms with Gasteiger partial charge in [-0.25, -0.2) is 15.6 Å². The number of nitrogens with one attached hydrogen (secondary N) is 1. The van der Waals surface area contributed by atoms with Gasteiger partial charge < -0.3 is 10.2 Å². The SMILES string of the molecule is NN(C(=O)CC1CNC1)C(=O)[C@@H]1CC[C@@H]2CN1C(=O)N2OS(=O)(=O)O. The quantitative estimate of drug-likeness (QED) is 0.209. The number of hydrogen-bond donors (Lipinski definition) is 3. The van der Waals surface area contributed by atoms with E-state index in [0.29, 0.717) is 23.2 Å². The fraction of sp³-hybridized carbons (Fsp3) is 0.750. The molecule has 4 amide bonds. The lowest BCUT2D eigenvalue weighted by atomic mass is 9.97. The summed E-state index contributed by atoms with van der Waals surface area (Å²) >= 11 is 0. The maximum Gasteiger partial charge on any atom is 0.418 e. The number of hydroxylamine groups is 2. The van der Waals surface area contributed by atoms with Gasteiger partial charge in [-0.15, -0.1) is 4.28 Å². The van der Waals surface area contributed by atoms with Crippen LogP contribution in [0.3, 0.4) is 0 Å². The fourth-order valence-corrected chi connectivity index (χ4v) is 3.60. The zero-order chi connectivity index (χ0) is 18.4. The number of hydrazine groups is 1. The van der Waals surface area contributed by atoms with E-state index in [4.69, 9.17) is 10.4 Å². The summed E-state index contributed by atoms with van der Waals surface area (Å²) in [5.74, 6) is 4.50. The number of amides is 4. The third-order valence-corrected chi connectivity index (χ3v) is 4.97. The Morgan fingerprint density at radius 1 is 1.36 bits per heavy atom. The van der Waals surface area contributed by atoms with E-state index in [1.165, 1.54) is 0 Å². The number of piperidine rings is 1. The Morgan fingerprint density at radius 3 is 2.60 bits per heavy atom. The van der Waals surface area contributed by atoms with Crippen molar-refractivity contribution in [2.75, 3.05) is 19.6 Å². The van der Waals surface area contributed by atoms with Crippen LogP contribution in [0.5, 0.6) is 0 Å². The lowest BCUT2D eigenvalue weighted by Crippen LogP contribution is -2.56. The molecule has 0 aromatic carbocycles. The van der Waals surface area contributed by atoms with E-state index >= 15 is 0 Å². The molecule has 0 radical (unpaired) electrons. The molecule has 25 heavy (non-hydrogen) atoms. The average molecular weight is 377 g/mol. The molecule has 0 aliphatic carbocycles. The smallest absolute Gasteiger partial charge is 0.316 e. The molecule has 3 rings (SSSR count). The second-order valence-corrected chi connectivity index (χ2v) is 7.34. The second kappa shape index (κ2) is 6.49. The number of imide groups is 1. The van der Waals surface area contributed by atoms with Crippen LogP contribution in [0.4, 0.5) is 4.79 Å². The van der Waals surface area contributed by atoms with E-state index < -0.39 is 40.3 Å². The molecular formula is C12H19N5O7S. The van der Waals surface area contributed by atoms with E-state index in [1.54, 1.807) is 0 Å². The van der Waals surface area contributed by atoms with Gasteiger partial charge in [0.1, 0.15) is 6.04 Å². The van der Waals surface area contributed by atoms with Crippen LogP contribution in [0, 0.1) is 5.92 Å². The van der Waals surface area contributed by atoms with Crippen molar-refractivity contribution in [2.24, 2.45) is 11.8 Å². The van der Waals surface area contributed by atoms with Gasteiger partial charge in [-0.2, -0.15) is 13.5 Å². The summed E-state index contributed by atoms with van der Waals surface area (Å²) in [5.41, 5.74) is 0. The molecule has 3 saturated heterocycles. The molecule has 2 atom stereocenters. The highest BCUT2D eigenvalue weighted by Gasteiger charge is 2.50. The summed E-state index contributed by atoms with van der Waals surface area (Å²) in [6, 6.07) is -2.46. The number of carbonyl (C=O) groups is 3. The van der Waals surface area contributed by atoms with E-state index in [2.05, 4.69) is 9.60 Å². The molecule has 4 N–H and O–H groups in total. The van der Waals surface area contributed by atoms with Gasteiger partial charge in [-0.1, -0.05) is 0 Å². The molecule has 3 aliphatic rings. The number of urea groups is 1. The number of rotatable bonds is 5. The largest absolute Gasteiger partial charge is 0.418 e. The lowest BCUT2D eigenvalue weighted by Gasteiger charge is -2.32. The first kappa shape index (κ1) is 18.0. The number of fused-ring (bicyclic) bond motifs is 2. The van der Waals surface area contributed by atoms with Crippen LogP contribution in [0.25, 0.3) is 0 Å². The van der Waals surface area contributed by atoms with Gasteiger partial charge in [-0.05, 0) is 31.8 Å². The first-order valence-electron chi connectivity index (χ1n) is 7.76. The summed E-state index contributed by atoms with van der Waals surface area (Å²) in [7, 11) is -4.86. The standard InChI is InChI=1S/C12H19N5O7S/c13-16(10(18)3-7-4-14-5-7)11(19)9-2-1-8-6-15(9)12(20)17(8)24-25(21,22)23/h7-9,14H,1-6,13H2,(H,21,22,23)/t8-,9+/m1/s1. The average Bonchev–Trinajstić information content (AvgIpc) is 2.73. The zero-order valence-electron chi connectivity index (χ0n) is 13.2. The molecule has 140 valence electrons. The number of nitrogens with zero attached hydrogens (tertiary/aromatic N) is 3. The Labute approximate surface area is 143 Å². The number of nitrogens with two attached hydrogens (primary N) is 1. The molecule has 0 aromatic rings. The van der Waals surface area contributed by atoms with Crippen molar-refractivity contribution in [3.8, 4) is 0 Å². The van der Waals surface area contributed by atoms with E-state index in [0.717, 1.165) is 4.90 Å². The van der Waals surface area contributed by atoms with Crippen molar-refractivity contribution in [3.05, 3.63) is 0 Å². The van der Waals surface area contributed by atoms with Crippen LogP contribution in [-0.2, 0) is 24.3 Å². The van der Waals surface area contributed by atoms with Crippen molar-refractivity contribution < 1.29 is 31.6 Å². The van der Waals surface area contributed by atoms with Crippen LogP contribution >= 0.6 is 0 Å². The minimum atomic E-state index is -4.86. The van der Waals surface area contributed by atoms with Crippen molar-refractivity contribution in [1.82, 2.24) is 20.3 Å². The Morgan fingerprint density at radius 2 is 2.04 bits per heavy atom. The van der Waals surface area contributed by atoms with Crippen LogP contribution in [0.2, 0.25) is 0 Å². The van der Waals surface area contributed by atoms with E-state index in [9.17, 15) is 22.8 Å². The Balaban J connectivity index is 1.66. The summed E-state index contributed by atoms with van der Waals surface area (Å²) in [5, 5.41) is 4.07. The lowest BCUT2D eigenvalue weighted by molar-refractivity contribution is -0.149. The highest BCUT2D eigenvalue weighted by Crippen LogP contribution is 2.31. The van der Waals surface area contributed by atoms with Gasteiger partial charge in [0.2, 0.25) is 5.91 Å². The summed E-state index contributed by atoms with van der Waals surface area (Å²) in [6.45, 7) is 1.41. The van der Waals surface area contributed by atoms with Gasteiger partial charge >= 0.3 is 16.4 Å². The van der Waals surface area contributed by atoms with Crippen molar-refractivity contribution in [2.45, 2.75) is 31.3 Å². The molecule has 3 fully saturated rings. The molecule has 13 heteroatoms. The third-order valence-electron chi connectivity index (χ3n) is 4.62. The fourth-order valence-electron chi connectivity index (χ4n) is 3.21. The molecule has 0 spiro atoms. The van der Waals surface area contributed by atoms with Crippen molar-refractivity contribution >= 4 is 28.2 Å². The minimum absolute atomic E-state index is 0.0410. The Hall–Kier alpha value is -1.80. The molecular weight excluding hydrogens is 358 g/mol. The molecule has 12 nitrogen and oxygen atoms in total. The predicted octanol–water partition coefficient (Wildman–Crippen LogP) is -2.17. The van der Waals surface area contributed by atoms with Crippen molar-refractivity contribution in [1.29, 1.82) is 0 Å². The van der Waals surface area contributed by atoms with Gasteiger partial charge in [0.15, 0.2) is 0 Å². The van der Waals surface area contributed by atoms with Crippen LogP contribution in [-0.4, -0.2) is 77.5 Å². The maximum absolute atomic E-state index is 12.5. The molecule has 0 aromatic heterocycles. The first-order chi connectivity index (χ1) is 11.7. The molecule has 3 heterocycles. The zero-order valence-corrected chi connectivity index (χ0v) is 14.0. The molecule has 0 unspecified atom stereocenters. The molecule has 3 aliphatic heterocycles. The maximum atomic E-state index is 12.5. The van der Waals surface area contributed by atoms with Gasteiger partial charge in [0.05, 0.1) is 6.04 Å². The topological polar surface area (TPSA) is 163 Å². The van der Waals surface area contributed by atoms with Crippen LogP contribution in [0.15, 0.2) is 0 Å². The van der Waals surface area contributed by atoms with Crippen LogP contribution in [0.1, 0.15) is 19.3 Å². The predicted molar refractivity (Wildman–Crippen MR) is 80.4 cm³/mol. The highest BCUT2D eigenvalue weighted by atomic mass is 32.3. The molecule has 2 bridgehead atoms. The monoisotopic (exact) mass is 377 g/mol. The first-order valence-corrected chi connectivity index (χ1v) is 9.13. The summed E-state index contributed by atoms with van der Waals surface area (Å²) in [4.78, 5) is 37.9. The van der Waals surface area contributed by atoms with Gasteiger partial charge in [-0.3, -0.25) is 14.1 Å². The van der Waals surface area contributed by atoms with E-state index in [1.807, 2.05) is 0 Å². The normalized spacial score (nSPS) is 26.6.